The minimum atomic E-state index is -5.92. The van der Waals surface area contributed by atoms with Crippen molar-refractivity contribution < 1.29 is 34.6 Å². The van der Waals surface area contributed by atoms with E-state index < -0.39 is 25.6 Å². The van der Waals surface area contributed by atoms with Gasteiger partial charge in [0.2, 0.25) is 6.33 Å². The highest BCUT2D eigenvalue weighted by molar-refractivity contribution is 8.12. The lowest BCUT2D eigenvalue weighted by molar-refractivity contribution is -0.687. The molecule has 7 nitrogen and oxygen atoms in total. The Balaban J connectivity index is 0.000000411. The lowest BCUT2D eigenvalue weighted by atomic mass is 10.1. The fourth-order valence-electron chi connectivity index (χ4n) is 3.11. The van der Waals surface area contributed by atoms with Gasteiger partial charge in [-0.25, -0.2) is 26.0 Å². The second-order valence-corrected chi connectivity index (χ2v) is 11.5. The summed E-state index contributed by atoms with van der Waals surface area (Å²) in [6.45, 7) is 4.39. The number of sulfonamides is 2. The molecule has 0 unspecified atom stereocenters. The molecule has 34 heavy (non-hydrogen) atoms. The summed E-state index contributed by atoms with van der Waals surface area (Å²) in [7, 11) is -10.5. The summed E-state index contributed by atoms with van der Waals surface area (Å²) in [5, 5.41) is 0. The Kier molecular flexibility index (Phi) is 12.8. The van der Waals surface area contributed by atoms with E-state index in [9.17, 15) is 30.0 Å². The first-order chi connectivity index (χ1) is 15.8. The van der Waals surface area contributed by atoms with Crippen LogP contribution in [0.1, 0.15) is 63.9 Å². The van der Waals surface area contributed by atoms with Crippen molar-refractivity contribution in [2.24, 2.45) is 0 Å². The van der Waals surface area contributed by atoms with Gasteiger partial charge >= 0.3 is 5.51 Å². The quantitative estimate of drug-likeness (QED) is 0.268. The van der Waals surface area contributed by atoms with Crippen molar-refractivity contribution >= 4 is 20.0 Å². The van der Waals surface area contributed by atoms with E-state index in [1.54, 1.807) is 4.13 Å². The number of hydrogen-bond acceptors (Lipinski definition) is 4. The Hall–Kier alpha value is -1.92. The molecule has 0 aliphatic heterocycles. The van der Waals surface area contributed by atoms with Crippen molar-refractivity contribution in [3.05, 3.63) is 58.7 Å². The molecule has 12 heteroatoms. The van der Waals surface area contributed by atoms with Gasteiger partial charge in [-0.3, -0.25) is 0 Å². The van der Waals surface area contributed by atoms with Gasteiger partial charge in [0.05, 0.1) is 16.6 Å². The van der Waals surface area contributed by atoms with Crippen LogP contribution < -0.4 is 4.57 Å². The summed E-state index contributed by atoms with van der Waals surface area (Å²) in [5.41, 5.74) is -4.31. The molecule has 0 aliphatic carbocycles. The van der Waals surface area contributed by atoms with Crippen LogP contribution in [0, 0.1) is 0 Å². The molecule has 1 heterocycles. The Morgan fingerprint density at radius 2 is 1.47 bits per heavy atom. The number of hydrogen-bond donors (Lipinski definition) is 0. The molecular formula is C22H34F3N3O4S2. The summed E-state index contributed by atoms with van der Waals surface area (Å²) in [6, 6.07) is 10.6. The number of aryl methyl sites for hydroxylation is 1. The van der Waals surface area contributed by atoms with Crippen molar-refractivity contribution in [1.29, 1.82) is 0 Å². The highest BCUT2D eigenvalue weighted by Crippen LogP contribution is 2.29. The molecule has 0 atom stereocenters. The first-order valence-electron chi connectivity index (χ1n) is 11.2. The van der Waals surface area contributed by atoms with E-state index in [1.165, 1.54) is 56.9 Å². The van der Waals surface area contributed by atoms with Gasteiger partial charge < -0.3 is 4.13 Å². The van der Waals surface area contributed by atoms with Crippen LogP contribution in [0.4, 0.5) is 13.2 Å². The highest BCUT2D eigenvalue weighted by Gasteiger charge is 2.39. The maximum Gasteiger partial charge on any atom is 0.480 e. The number of benzene rings is 1. The van der Waals surface area contributed by atoms with Crippen LogP contribution in [0.3, 0.4) is 0 Å². The van der Waals surface area contributed by atoms with Crippen LogP contribution in [-0.4, -0.2) is 33.2 Å². The van der Waals surface area contributed by atoms with Crippen LogP contribution in [0.15, 0.2) is 49.1 Å². The number of nitrogens with zero attached hydrogens (tertiary/aromatic N) is 3. The summed E-state index contributed by atoms with van der Waals surface area (Å²) < 4.78 is 80.6. The minimum absolute atomic E-state index is 0.246. The summed E-state index contributed by atoms with van der Waals surface area (Å²) in [4.78, 5) is 0. The predicted molar refractivity (Wildman–Crippen MR) is 126 cm³/mol. The molecule has 0 spiro atoms. The lowest BCUT2D eigenvalue weighted by Crippen LogP contribution is -2.31. The maximum absolute atomic E-state index is 11.4. The predicted octanol–water partition coefficient (Wildman–Crippen LogP) is 5.13. The normalized spacial score (nSPS) is 12.3. The third-order valence-electron chi connectivity index (χ3n) is 4.75. The largest absolute Gasteiger partial charge is 0.480 e. The van der Waals surface area contributed by atoms with E-state index in [1.807, 2.05) is 0 Å². The molecule has 0 bridgehead atoms. The highest BCUT2D eigenvalue weighted by atomic mass is 32.3. The van der Waals surface area contributed by atoms with Gasteiger partial charge in [0, 0.05) is 6.26 Å². The third kappa shape index (κ3) is 13.1. The lowest BCUT2D eigenvalue weighted by Gasteiger charge is -2.19. The van der Waals surface area contributed by atoms with Crippen molar-refractivity contribution in [1.82, 2.24) is 4.57 Å². The van der Waals surface area contributed by atoms with E-state index in [4.69, 9.17) is 0 Å². The van der Waals surface area contributed by atoms with Crippen LogP contribution in [0.2, 0.25) is 0 Å². The molecule has 0 saturated heterocycles. The fourth-order valence-corrected chi connectivity index (χ4v) is 4.87. The first kappa shape index (κ1) is 30.1. The van der Waals surface area contributed by atoms with Crippen molar-refractivity contribution in [3.63, 3.8) is 0 Å². The SMILES string of the molecule is CCCCCCCCCCn1cc[n+](Cc2ccccc2)c1.CS(=O)(=O)[N-]S(=O)(=O)C(F)(F)F. The van der Waals surface area contributed by atoms with Gasteiger partial charge in [-0.2, -0.15) is 13.2 Å². The summed E-state index contributed by atoms with van der Waals surface area (Å²) in [5.74, 6) is 0. The zero-order valence-electron chi connectivity index (χ0n) is 19.6. The van der Waals surface area contributed by atoms with Gasteiger partial charge in [-0.05, 0) is 18.4 Å². The zero-order valence-corrected chi connectivity index (χ0v) is 21.2. The van der Waals surface area contributed by atoms with Gasteiger partial charge in [0.25, 0.3) is 0 Å². The number of imidazole rings is 1. The number of rotatable bonds is 13. The number of unbranched alkanes of at least 4 members (excludes halogenated alkanes) is 7. The molecule has 0 fully saturated rings. The van der Waals surface area contributed by atoms with Crippen LogP contribution >= 0.6 is 0 Å². The Labute approximate surface area is 201 Å². The molecule has 0 aliphatic rings. The Morgan fingerprint density at radius 1 is 0.912 bits per heavy atom. The van der Waals surface area contributed by atoms with Crippen molar-refractivity contribution in [2.75, 3.05) is 6.26 Å². The van der Waals surface area contributed by atoms with E-state index in [0.29, 0.717) is 0 Å². The first-order valence-corrected chi connectivity index (χ1v) is 14.5. The molecule has 1 aromatic heterocycles. The molecule has 1 aromatic carbocycles. The van der Waals surface area contributed by atoms with Crippen molar-refractivity contribution in [3.8, 4) is 0 Å². The van der Waals surface area contributed by atoms with E-state index in [-0.39, 0.29) is 6.26 Å². The van der Waals surface area contributed by atoms with Gasteiger partial charge in [0.1, 0.15) is 18.9 Å². The van der Waals surface area contributed by atoms with E-state index in [0.717, 1.165) is 13.1 Å². The molecule has 0 saturated carbocycles. The minimum Gasteiger partial charge on any atom is -0.429 e. The average Bonchev–Trinajstić information content (AvgIpc) is 3.16. The van der Waals surface area contributed by atoms with Crippen LogP contribution in [0.25, 0.3) is 4.13 Å². The van der Waals surface area contributed by atoms with E-state index in [2.05, 4.69) is 65.1 Å². The molecule has 0 amide bonds. The van der Waals surface area contributed by atoms with Gasteiger partial charge in [0.15, 0.2) is 10.0 Å². The number of halogens is 3. The summed E-state index contributed by atoms with van der Waals surface area (Å²) >= 11 is 0. The van der Waals surface area contributed by atoms with Gasteiger partial charge in [-0.15, -0.1) is 0 Å². The molecule has 2 aromatic rings. The molecule has 194 valence electrons. The second kappa shape index (κ2) is 14.5. The fraction of sp³-hybridized carbons (Fsp3) is 0.591. The average molecular weight is 526 g/mol. The maximum atomic E-state index is 11.4. The summed E-state index contributed by atoms with van der Waals surface area (Å²) in [6.07, 6.45) is 17.9. The topological polar surface area (TPSA) is 91.2 Å². The van der Waals surface area contributed by atoms with Crippen molar-refractivity contribution in [2.45, 2.75) is 76.9 Å². The van der Waals surface area contributed by atoms with Crippen LogP contribution in [-0.2, 0) is 33.1 Å². The van der Waals surface area contributed by atoms with E-state index >= 15 is 0 Å². The number of aromatic nitrogens is 2. The Morgan fingerprint density at radius 3 is 1.97 bits per heavy atom. The zero-order chi connectivity index (χ0) is 25.7. The standard InChI is InChI=1S/C20H31N2.C2H3F3NO4S2/c1-2-3-4-5-6-7-8-12-15-21-16-17-22(19-21)18-20-13-10-9-11-14-20;1-11(7,8)6-12(9,10)2(3,4)5/h9-11,13-14,16-17,19H,2-8,12,15,18H2,1H3;1H3/q+1;-1. The molecule has 2 rings (SSSR count). The van der Waals surface area contributed by atoms with Crippen LogP contribution in [0.5, 0.6) is 0 Å². The third-order valence-corrected chi connectivity index (χ3v) is 7.20. The number of alkyl halides is 3. The molecular weight excluding hydrogens is 491 g/mol. The van der Waals surface area contributed by atoms with Gasteiger partial charge in [-0.1, -0.05) is 75.8 Å². The molecule has 0 N–H and O–H groups in total. The monoisotopic (exact) mass is 525 g/mol. The second-order valence-electron chi connectivity index (χ2n) is 8.01. The molecule has 0 radical (unpaired) electrons. The smallest absolute Gasteiger partial charge is 0.429 e. The Bertz CT molecular complexity index is 1040.